The second-order valence-electron chi connectivity index (χ2n) is 3.37. The SMILES string of the molecule is CNS(=O)(=O)CCNS(=O)(=O)c1ncn(C)c1Cl. The van der Waals surface area contributed by atoms with Crippen molar-refractivity contribution >= 4 is 31.6 Å². The molecule has 0 fully saturated rings. The lowest BCUT2D eigenvalue weighted by molar-refractivity contribution is 0.576. The van der Waals surface area contributed by atoms with Crippen LogP contribution in [0.2, 0.25) is 5.15 Å². The molecule has 1 heterocycles. The van der Waals surface area contributed by atoms with E-state index in [1.165, 1.54) is 17.9 Å². The Morgan fingerprint density at radius 2 is 2.00 bits per heavy atom. The topological polar surface area (TPSA) is 110 Å². The molecule has 0 spiro atoms. The fraction of sp³-hybridized carbons (Fsp3) is 0.571. The van der Waals surface area contributed by atoms with E-state index in [-0.39, 0.29) is 22.5 Å². The molecule has 0 amide bonds. The van der Waals surface area contributed by atoms with Crippen LogP contribution in [-0.2, 0) is 27.1 Å². The molecule has 8 nitrogen and oxygen atoms in total. The Morgan fingerprint density at radius 1 is 1.39 bits per heavy atom. The standard InChI is InChI=1S/C7H13ClN4O4S2/c1-9-17(13,14)4-3-11-18(15,16)7-6(8)12(2)5-10-7/h5,9,11H,3-4H2,1-2H3. The Kier molecular flexibility index (Phi) is 4.72. The predicted molar refractivity (Wildman–Crippen MR) is 66.3 cm³/mol. The zero-order valence-corrected chi connectivity index (χ0v) is 12.1. The van der Waals surface area contributed by atoms with Gasteiger partial charge in [-0.05, 0) is 7.05 Å². The maximum atomic E-state index is 11.8. The highest BCUT2D eigenvalue weighted by Gasteiger charge is 2.22. The average Bonchev–Trinajstić information content (AvgIpc) is 2.60. The minimum absolute atomic E-state index is 0.0426. The molecule has 11 heteroatoms. The third kappa shape index (κ3) is 3.65. The van der Waals surface area contributed by atoms with Crippen LogP contribution in [0.25, 0.3) is 0 Å². The largest absolute Gasteiger partial charge is 0.324 e. The number of hydrogen-bond donors (Lipinski definition) is 2. The lowest BCUT2D eigenvalue weighted by Gasteiger charge is -2.05. The number of rotatable bonds is 6. The minimum Gasteiger partial charge on any atom is -0.324 e. The molecule has 104 valence electrons. The van der Waals surface area contributed by atoms with Gasteiger partial charge in [0, 0.05) is 13.6 Å². The Hall–Kier alpha value is -0.680. The highest BCUT2D eigenvalue weighted by molar-refractivity contribution is 7.90. The molecule has 1 aromatic rings. The highest BCUT2D eigenvalue weighted by Crippen LogP contribution is 2.17. The maximum absolute atomic E-state index is 11.8. The number of sulfonamides is 2. The number of nitrogens with one attached hydrogen (secondary N) is 2. The third-order valence-corrected chi connectivity index (χ3v) is 5.38. The first kappa shape index (κ1) is 15.4. The van der Waals surface area contributed by atoms with Crippen molar-refractivity contribution < 1.29 is 16.8 Å². The smallest absolute Gasteiger partial charge is 0.261 e. The summed E-state index contributed by atoms with van der Waals surface area (Å²) in [6.45, 7) is -0.265. The fourth-order valence-corrected chi connectivity index (χ4v) is 3.22. The van der Waals surface area contributed by atoms with Gasteiger partial charge in [-0.3, -0.25) is 0 Å². The van der Waals surface area contributed by atoms with Crippen LogP contribution in [0.3, 0.4) is 0 Å². The summed E-state index contributed by atoms with van der Waals surface area (Å²) in [6, 6.07) is 0. The summed E-state index contributed by atoms with van der Waals surface area (Å²) < 4.78 is 51.2. The van der Waals surface area contributed by atoms with Crippen molar-refractivity contribution in [2.75, 3.05) is 19.3 Å². The number of hydrogen-bond acceptors (Lipinski definition) is 5. The summed E-state index contributed by atoms with van der Waals surface area (Å²) in [5.74, 6) is -0.368. The molecule has 0 aliphatic carbocycles. The van der Waals surface area contributed by atoms with E-state index in [1.54, 1.807) is 7.05 Å². The van der Waals surface area contributed by atoms with Gasteiger partial charge in [-0.15, -0.1) is 0 Å². The summed E-state index contributed by atoms with van der Waals surface area (Å²) in [5, 5.41) is -0.368. The van der Waals surface area contributed by atoms with Gasteiger partial charge in [0.15, 0.2) is 0 Å². The molecule has 0 aromatic carbocycles. The average molecular weight is 317 g/mol. The normalized spacial score (nSPS) is 12.8. The summed E-state index contributed by atoms with van der Waals surface area (Å²) >= 11 is 5.74. The summed E-state index contributed by atoms with van der Waals surface area (Å²) in [5.41, 5.74) is 0. The Balaban J connectivity index is 2.76. The molecular weight excluding hydrogens is 304 g/mol. The molecular formula is C7H13ClN4O4S2. The van der Waals surface area contributed by atoms with Crippen LogP contribution in [0.5, 0.6) is 0 Å². The quantitative estimate of drug-likeness (QED) is 0.692. The third-order valence-electron chi connectivity index (χ3n) is 2.06. The van der Waals surface area contributed by atoms with Crippen molar-refractivity contribution in [2.45, 2.75) is 5.03 Å². The van der Waals surface area contributed by atoms with E-state index >= 15 is 0 Å². The predicted octanol–water partition coefficient (Wildman–Crippen LogP) is -1.10. The van der Waals surface area contributed by atoms with Crippen LogP contribution in [0.4, 0.5) is 0 Å². The Morgan fingerprint density at radius 3 is 2.44 bits per heavy atom. The molecule has 1 aromatic heterocycles. The van der Waals surface area contributed by atoms with Crippen molar-refractivity contribution in [3.63, 3.8) is 0 Å². The second-order valence-corrected chi connectivity index (χ2v) is 7.46. The second kappa shape index (κ2) is 5.53. The number of halogens is 1. The van der Waals surface area contributed by atoms with Crippen molar-refractivity contribution in [3.8, 4) is 0 Å². The van der Waals surface area contributed by atoms with Crippen LogP contribution in [-0.4, -0.2) is 45.7 Å². The van der Waals surface area contributed by atoms with Gasteiger partial charge in [0.05, 0.1) is 12.1 Å². The molecule has 2 N–H and O–H groups in total. The lowest BCUT2D eigenvalue weighted by Crippen LogP contribution is -2.33. The molecule has 0 saturated heterocycles. The molecule has 0 saturated carbocycles. The zero-order valence-electron chi connectivity index (χ0n) is 9.71. The first-order valence-electron chi connectivity index (χ1n) is 4.77. The van der Waals surface area contributed by atoms with E-state index in [0.29, 0.717) is 0 Å². The molecule has 0 aliphatic rings. The number of imidazole rings is 1. The first-order valence-corrected chi connectivity index (χ1v) is 8.28. The van der Waals surface area contributed by atoms with Gasteiger partial charge < -0.3 is 4.57 Å². The van der Waals surface area contributed by atoms with Crippen molar-refractivity contribution in [1.29, 1.82) is 0 Å². The zero-order chi connectivity index (χ0) is 14.0. The van der Waals surface area contributed by atoms with Gasteiger partial charge in [-0.2, -0.15) is 0 Å². The van der Waals surface area contributed by atoms with E-state index in [2.05, 4.69) is 14.4 Å². The van der Waals surface area contributed by atoms with Crippen molar-refractivity contribution in [3.05, 3.63) is 11.5 Å². The fourth-order valence-electron chi connectivity index (χ4n) is 1.05. The maximum Gasteiger partial charge on any atom is 0.261 e. The number of nitrogens with zero attached hydrogens (tertiary/aromatic N) is 2. The lowest BCUT2D eigenvalue weighted by atomic mass is 10.8. The van der Waals surface area contributed by atoms with Crippen LogP contribution >= 0.6 is 11.6 Å². The monoisotopic (exact) mass is 316 g/mol. The Labute approximate surface area is 110 Å². The minimum atomic E-state index is -3.91. The van der Waals surface area contributed by atoms with Crippen molar-refractivity contribution in [2.24, 2.45) is 7.05 Å². The first-order chi connectivity index (χ1) is 8.19. The molecule has 0 unspecified atom stereocenters. The highest BCUT2D eigenvalue weighted by atomic mass is 35.5. The van der Waals surface area contributed by atoms with Gasteiger partial charge >= 0.3 is 0 Å². The van der Waals surface area contributed by atoms with E-state index < -0.39 is 20.0 Å². The number of aromatic nitrogens is 2. The van der Waals surface area contributed by atoms with Gasteiger partial charge in [-0.25, -0.2) is 31.3 Å². The van der Waals surface area contributed by atoms with Gasteiger partial charge in [0.1, 0.15) is 5.15 Å². The van der Waals surface area contributed by atoms with E-state index in [9.17, 15) is 16.8 Å². The molecule has 0 bridgehead atoms. The summed E-state index contributed by atoms with van der Waals surface area (Å²) in [6.07, 6.45) is 1.25. The van der Waals surface area contributed by atoms with Crippen LogP contribution in [0.15, 0.2) is 11.4 Å². The summed E-state index contributed by atoms with van der Waals surface area (Å²) in [7, 11) is -4.58. The molecule has 1 rings (SSSR count). The molecule has 0 aliphatic heterocycles. The number of aryl methyl sites for hydroxylation is 1. The molecule has 0 atom stereocenters. The van der Waals surface area contributed by atoms with Crippen LogP contribution in [0, 0.1) is 0 Å². The van der Waals surface area contributed by atoms with E-state index in [0.717, 1.165) is 0 Å². The van der Waals surface area contributed by atoms with Crippen LogP contribution < -0.4 is 9.44 Å². The van der Waals surface area contributed by atoms with Crippen molar-refractivity contribution in [1.82, 2.24) is 19.0 Å². The van der Waals surface area contributed by atoms with Crippen LogP contribution in [0.1, 0.15) is 0 Å². The molecule has 18 heavy (non-hydrogen) atoms. The molecule has 0 radical (unpaired) electrons. The van der Waals surface area contributed by atoms with Gasteiger partial charge in [0.25, 0.3) is 10.0 Å². The van der Waals surface area contributed by atoms with E-state index in [1.807, 2.05) is 0 Å². The van der Waals surface area contributed by atoms with Gasteiger partial charge in [0.2, 0.25) is 15.0 Å². The summed E-state index contributed by atoms with van der Waals surface area (Å²) in [4.78, 5) is 3.64. The Bertz CT molecular complexity index is 622. The van der Waals surface area contributed by atoms with Gasteiger partial charge in [-0.1, -0.05) is 11.6 Å². The van der Waals surface area contributed by atoms with E-state index in [4.69, 9.17) is 11.6 Å².